The number of Topliss-reactive ketones (excluding diaryl/α,β-unsaturated/α-hetero) is 1. The summed E-state index contributed by atoms with van der Waals surface area (Å²) >= 11 is 0. The molecule has 4 nitrogen and oxygen atoms in total. The minimum absolute atomic E-state index is 0.0892. The molecule has 1 N–H and O–H groups in total. The molecule has 17 heavy (non-hydrogen) atoms. The third-order valence-electron chi connectivity index (χ3n) is 2.58. The number of rotatable bonds is 5. The van der Waals surface area contributed by atoms with Gasteiger partial charge in [-0.15, -0.1) is 0 Å². The number of hydrogen-bond acceptors (Lipinski definition) is 4. The summed E-state index contributed by atoms with van der Waals surface area (Å²) in [5, 5.41) is 9.23. The van der Waals surface area contributed by atoms with Gasteiger partial charge in [-0.2, -0.15) is 0 Å². The van der Waals surface area contributed by atoms with E-state index in [0.29, 0.717) is 18.6 Å². The maximum absolute atomic E-state index is 11.8. The number of carbonyl (C=O) groups excluding carboxylic acids is 2. The number of esters is 1. The number of ketones is 1. The average Bonchev–Trinajstić information content (AvgIpc) is 2.30. The molecule has 0 aromatic heterocycles. The molecule has 0 fully saturated rings. The van der Waals surface area contributed by atoms with Crippen molar-refractivity contribution in [3.63, 3.8) is 0 Å². The van der Waals surface area contributed by atoms with Crippen LogP contribution in [-0.2, 0) is 14.3 Å². The Kier molecular flexibility index (Phi) is 5.10. The zero-order valence-corrected chi connectivity index (χ0v) is 10.2. The lowest BCUT2D eigenvalue weighted by Gasteiger charge is -2.13. The molecule has 4 heteroatoms. The first-order valence-corrected chi connectivity index (χ1v) is 5.80. The molecule has 0 aromatic rings. The standard InChI is InChI=1S/C13H18O4/c1-3-17-13(16)9(2)8-12(15)10-4-6-11(14)7-5-10/h4-6,9,11,14H,3,7-8H2,1-2H3. The van der Waals surface area contributed by atoms with Crippen molar-refractivity contribution >= 4 is 11.8 Å². The van der Waals surface area contributed by atoms with Gasteiger partial charge in [-0.1, -0.05) is 25.2 Å². The number of ether oxygens (including phenoxy) is 1. The monoisotopic (exact) mass is 238 g/mol. The molecule has 1 aliphatic carbocycles. The Bertz CT molecular complexity index is 354. The normalized spacial score (nSPS) is 20.6. The van der Waals surface area contributed by atoms with Crippen LogP contribution in [0.5, 0.6) is 0 Å². The van der Waals surface area contributed by atoms with Crippen LogP contribution in [0.2, 0.25) is 0 Å². The summed E-state index contributed by atoms with van der Waals surface area (Å²) in [6.45, 7) is 3.74. The van der Waals surface area contributed by atoms with Gasteiger partial charge >= 0.3 is 5.97 Å². The van der Waals surface area contributed by atoms with Crippen molar-refractivity contribution in [2.24, 2.45) is 5.92 Å². The number of aliphatic hydroxyl groups is 1. The van der Waals surface area contributed by atoms with Crippen LogP contribution in [0.1, 0.15) is 26.7 Å². The lowest BCUT2D eigenvalue weighted by atomic mass is 9.95. The average molecular weight is 238 g/mol. The fourth-order valence-electron chi connectivity index (χ4n) is 1.58. The molecule has 0 radical (unpaired) electrons. The van der Waals surface area contributed by atoms with Gasteiger partial charge in [0.05, 0.1) is 18.6 Å². The van der Waals surface area contributed by atoms with Crippen LogP contribution in [-0.4, -0.2) is 29.6 Å². The molecular weight excluding hydrogens is 220 g/mol. The van der Waals surface area contributed by atoms with Crippen molar-refractivity contribution in [2.45, 2.75) is 32.8 Å². The summed E-state index contributed by atoms with van der Waals surface area (Å²) in [4.78, 5) is 23.2. The number of allylic oxidation sites excluding steroid dienone is 2. The van der Waals surface area contributed by atoms with Gasteiger partial charge in [0.1, 0.15) is 0 Å². The summed E-state index contributed by atoms with van der Waals surface area (Å²) in [7, 11) is 0. The van der Waals surface area contributed by atoms with E-state index >= 15 is 0 Å². The van der Waals surface area contributed by atoms with Crippen molar-refractivity contribution in [1.82, 2.24) is 0 Å². The van der Waals surface area contributed by atoms with Crippen molar-refractivity contribution in [1.29, 1.82) is 0 Å². The first kappa shape index (κ1) is 13.6. The van der Waals surface area contributed by atoms with E-state index in [1.54, 1.807) is 32.1 Å². The lowest BCUT2D eigenvalue weighted by molar-refractivity contribution is -0.148. The Balaban J connectivity index is 2.50. The van der Waals surface area contributed by atoms with E-state index in [2.05, 4.69) is 0 Å². The van der Waals surface area contributed by atoms with E-state index in [1.165, 1.54) is 0 Å². The molecule has 2 unspecified atom stereocenters. The zero-order valence-electron chi connectivity index (χ0n) is 10.2. The second-order valence-corrected chi connectivity index (χ2v) is 4.10. The fourth-order valence-corrected chi connectivity index (χ4v) is 1.58. The molecule has 2 atom stereocenters. The van der Waals surface area contributed by atoms with Gasteiger partial charge in [0, 0.05) is 12.0 Å². The second kappa shape index (κ2) is 6.35. The maximum Gasteiger partial charge on any atom is 0.309 e. The molecule has 1 rings (SSSR count). The largest absolute Gasteiger partial charge is 0.466 e. The number of aliphatic hydroxyl groups excluding tert-OH is 1. The smallest absolute Gasteiger partial charge is 0.309 e. The van der Waals surface area contributed by atoms with Crippen molar-refractivity contribution in [2.75, 3.05) is 6.61 Å². The highest BCUT2D eigenvalue weighted by molar-refractivity contribution is 5.99. The van der Waals surface area contributed by atoms with E-state index in [1.807, 2.05) is 0 Å². The van der Waals surface area contributed by atoms with Crippen molar-refractivity contribution < 1.29 is 19.4 Å². The van der Waals surface area contributed by atoms with Gasteiger partial charge in [-0.25, -0.2) is 0 Å². The van der Waals surface area contributed by atoms with Crippen LogP contribution >= 0.6 is 0 Å². The lowest BCUT2D eigenvalue weighted by Crippen LogP contribution is -2.19. The van der Waals surface area contributed by atoms with Crippen LogP contribution in [0.25, 0.3) is 0 Å². The minimum Gasteiger partial charge on any atom is -0.466 e. The van der Waals surface area contributed by atoms with E-state index in [0.717, 1.165) is 0 Å². The van der Waals surface area contributed by atoms with Crippen molar-refractivity contribution in [3.8, 4) is 0 Å². The highest BCUT2D eigenvalue weighted by atomic mass is 16.5. The molecule has 0 bridgehead atoms. The third kappa shape index (κ3) is 4.15. The minimum atomic E-state index is -0.506. The maximum atomic E-state index is 11.8. The SMILES string of the molecule is CCOC(=O)C(C)CC(=O)C1=CCC(O)C=C1. The molecular formula is C13H18O4. The van der Waals surface area contributed by atoms with E-state index in [9.17, 15) is 14.7 Å². The van der Waals surface area contributed by atoms with Gasteiger partial charge in [-0.05, 0) is 13.3 Å². The first-order chi connectivity index (χ1) is 8.04. The Labute approximate surface area is 101 Å². The predicted octanol–water partition coefficient (Wildman–Crippen LogP) is 1.39. The highest BCUT2D eigenvalue weighted by Gasteiger charge is 2.20. The molecule has 0 spiro atoms. The molecule has 0 saturated carbocycles. The summed E-state index contributed by atoms with van der Waals surface area (Å²) in [6.07, 6.45) is 4.98. The van der Waals surface area contributed by atoms with Crippen LogP contribution in [0.15, 0.2) is 23.8 Å². The molecule has 0 aromatic carbocycles. The fraction of sp³-hybridized carbons (Fsp3) is 0.538. The Morgan fingerprint density at radius 2 is 2.29 bits per heavy atom. The molecule has 1 aliphatic rings. The summed E-state index contributed by atoms with van der Waals surface area (Å²) in [5.74, 6) is -0.862. The molecule has 0 heterocycles. The van der Waals surface area contributed by atoms with Gasteiger partial charge in [0.2, 0.25) is 0 Å². The summed E-state index contributed by atoms with van der Waals surface area (Å²) in [5.41, 5.74) is 0.562. The predicted molar refractivity (Wildman–Crippen MR) is 63.3 cm³/mol. The van der Waals surface area contributed by atoms with Crippen molar-refractivity contribution in [3.05, 3.63) is 23.8 Å². The molecule has 94 valence electrons. The van der Waals surface area contributed by atoms with Crippen LogP contribution in [0, 0.1) is 5.92 Å². The van der Waals surface area contributed by atoms with Gasteiger partial charge in [0.25, 0.3) is 0 Å². The molecule has 0 aliphatic heterocycles. The zero-order chi connectivity index (χ0) is 12.8. The number of carbonyl (C=O) groups is 2. The topological polar surface area (TPSA) is 63.6 Å². The first-order valence-electron chi connectivity index (χ1n) is 5.80. The van der Waals surface area contributed by atoms with Crippen LogP contribution < -0.4 is 0 Å². The van der Waals surface area contributed by atoms with Gasteiger partial charge in [0.15, 0.2) is 5.78 Å². The van der Waals surface area contributed by atoms with E-state index in [4.69, 9.17) is 4.74 Å². The van der Waals surface area contributed by atoms with E-state index < -0.39 is 12.0 Å². The number of hydrogen-bond donors (Lipinski definition) is 1. The summed E-state index contributed by atoms with van der Waals surface area (Å²) < 4.78 is 4.84. The van der Waals surface area contributed by atoms with E-state index in [-0.39, 0.29) is 18.2 Å². The quantitative estimate of drug-likeness (QED) is 0.735. The molecule has 0 amide bonds. The third-order valence-corrected chi connectivity index (χ3v) is 2.58. The van der Waals surface area contributed by atoms with Crippen LogP contribution in [0.4, 0.5) is 0 Å². The van der Waals surface area contributed by atoms with Gasteiger partial charge < -0.3 is 9.84 Å². The summed E-state index contributed by atoms with van der Waals surface area (Å²) in [6, 6.07) is 0. The Morgan fingerprint density at radius 3 is 2.82 bits per heavy atom. The Morgan fingerprint density at radius 1 is 1.59 bits per heavy atom. The van der Waals surface area contributed by atoms with Gasteiger partial charge in [-0.3, -0.25) is 9.59 Å². The highest BCUT2D eigenvalue weighted by Crippen LogP contribution is 2.16. The van der Waals surface area contributed by atoms with Crippen LogP contribution in [0.3, 0.4) is 0 Å². The second-order valence-electron chi connectivity index (χ2n) is 4.10. The molecule has 0 saturated heterocycles. The Hall–Kier alpha value is -1.42.